The Balaban J connectivity index is 0.00000300. The molecule has 0 aromatic carbocycles. The monoisotopic (exact) mass is 418 g/mol. The second kappa shape index (κ2) is 9.80. The Hall–Kier alpha value is -1.81. The molecule has 3 aliphatic rings. The maximum atomic E-state index is 12.4. The number of ether oxygens (including phenoxy) is 1. The van der Waals surface area contributed by atoms with Gasteiger partial charge in [0.25, 0.3) is 0 Å². The van der Waals surface area contributed by atoms with Crippen LogP contribution in [0.1, 0.15) is 100 Å². The summed E-state index contributed by atoms with van der Waals surface area (Å²) >= 11 is 0. The van der Waals surface area contributed by atoms with Gasteiger partial charge in [-0.1, -0.05) is 32.6 Å². The van der Waals surface area contributed by atoms with Crippen molar-refractivity contribution in [2.24, 2.45) is 0 Å². The molecule has 0 radical (unpaired) electrons. The standard InChI is InChI=1S/C24H34N2O2.ClH/c1-7-9-10-11-12-13-20-22-17(5)23(24(27)28-8-2)25-19(22)14-21-16(4)15(3)18(6)26(20)21;/h14,18H,7-13H2,1-6H3;1H. The fraction of sp³-hybridized carbons (Fsp3) is 0.583. The molecule has 0 saturated carbocycles. The number of esters is 1. The number of hydrogen-bond acceptors (Lipinski definition) is 3. The Morgan fingerprint density at radius 3 is 2.48 bits per heavy atom. The summed E-state index contributed by atoms with van der Waals surface area (Å²) in [4.78, 5) is 17.1. The van der Waals surface area contributed by atoms with E-state index in [2.05, 4.69) is 38.3 Å². The summed E-state index contributed by atoms with van der Waals surface area (Å²) in [5.41, 5.74) is 8.83. The lowest BCUT2D eigenvalue weighted by Crippen LogP contribution is -2.13. The van der Waals surface area contributed by atoms with E-state index in [0.717, 1.165) is 23.2 Å². The van der Waals surface area contributed by atoms with Crippen molar-refractivity contribution in [3.63, 3.8) is 0 Å². The van der Waals surface area contributed by atoms with Gasteiger partial charge in [0.05, 0.1) is 18.3 Å². The second-order valence-electron chi connectivity index (χ2n) is 8.06. The molecule has 3 heterocycles. The molecule has 29 heavy (non-hydrogen) atoms. The van der Waals surface area contributed by atoms with Crippen molar-refractivity contribution in [2.45, 2.75) is 86.1 Å². The van der Waals surface area contributed by atoms with Crippen LogP contribution in [0.25, 0.3) is 16.8 Å². The molecule has 0 aliphatic carbocycles. The highest BCUT2D eigenvalue weighted by Crippen LogP contribution is 2.43. The van der Waals surface area contributed by atoms with Crippen LogP contribution < -0.4 is 0 Å². The normalized spacial score (nSPS) is 15.6. The summed E-state index contributed by atoms with van der Waals surface area (Å²) in [6.07, 6.45) is 7.29. The lowest BCUT2D eigenvalue weighted by atomic mass is 9.98. The van der Waals surface area contributed by atoms with E-state index < -0.39 is 0 Å². The van der Waals surface area contributed by atoms with Gasteiger partial charge in [0.15, 0.2) is 5.69 Å². The maximum Gasteiger partial charge on any atom is 0.357 e. The minimum Gasteiger partial charge on any atom is -0.461 e. The van der Waals surface area contributed by atoms with Crippen LogP contribution in [-0.4, -0.2) is 22.1 Å². The summed E-state index contributed by atoms with van der Waals surface area (Å²) in [6.45, 7) is 13.2. The molecule has 0 N–H and O–H groups in total. The van der Waals surface area contributed by atoms with E-state index in [1.165, 1.54) is 54.6 Å². The minimum absolute atomic E-state index is 0. The van der Waals surface area contributed by atoms with Crippen LogP contribution >= 0.6 is 12.4 Å². The van der Waals surface area contributed by atoms with E-state index in [9.17, 15) is 4.79 Å². The summed E-state index contributed by atoms with van der Waals surface area (Å²) in [5.74, 6) is -0.313. The predicted molar refractivity (Wildman–Crippen MR) is 122 cm³/mol. The van der Waals surface area contributed by atoms with Gasteiger partial charge in [0.2, 0.25) is 0 Å². The molecule has 0 aromatic rings. The second-order valence-corrected chi connectivity index (χ2v) is 8.06. The van der Waals surface area contributed by atoms with E-state index in [-0.39, 0.29) is 18.4 Å². The van der Waals surface area contributed by atoms with Crippen LogP contribution in [0, 0.1) is 6.92 Å². The van der Waals surface area contributed by atoms with Crippen LogP contribution in [0.4, 0.5) is 0 Å². The number of nitrogens with zero attached hydrogens (tertiary/aromatic N) is 2. The van der Waals surface area contributed by atoms with Gasteiger partial charge in [-0.3, -0.25) is 0 Å². The number of hydrogen-bond donors (Lipinski definition) is 0. The highest BCUT2D eigenvalue weighted by Gasteiger charge is 2.31. The van der Waals surface area contributed by atoms with Gasteiger partial charge in [-0.05, 0) is 70.2 Å². The molecular weight excluding hydrogens is 384 g/mol. The Labute approximate surface area is 181 Å². The first-order valence-corrected chi connectivity index (χ1v) is 10.8. The zero-order chi connectivity index (χ0) is 20.4. The number of pyridine rings is 1. The molecule has 0 aromatic heterocycles. The molecule has 160 valence electrons. The van der Waals surface area contributed by atoms with Gasteiger partial charge < -0.3 is 9.30 Å². The van der Waals surface area contributed by atoms with Crippen LogP contribution in [0.2, 0.25) is 0 Å². The smallest absolute Gasteiger partial charge is 0.357 e. The Kier molecular flexibility index (Phi) is 7.93. The van der Waals surface area contributed by atoms with Crippen LogP contribution in [0.15, 0.2) is 11.6 Å². The first kappa shape index (κ1) is 23.5. The molecular formula is C24H35ClN2O2. The molecule has 5 heteroatoms. The predicted octanol–water partition coefficient (Wildman–Crippen LogP) is 6.78. The molecule has 0 bridgehead atoms. The number of halogens is 1. The minimum atomic E-state index is -0.313. The van der Waals surface area contributed by atoms with Crippen LogP contribution in [-0.2, 0) is 11.2 Å². The Morgan fingerprint density at radius 2 is 1.83 bits per heavy atom. The van der Waals surface area contributed by atoms with Crippen molar-refractivity contribution in [3.05, 3.63) is 34.3 Å². The highest BCUT2D eigenvalue weighted by molar-refractivity contribution is 5.94. The first-order chi connectivity index (χ1) is 13.4. The fourth-order valence-electron chi connectivity index (χ4n) is 4.48. The molecule has 1 atom stereocenters. The third-order valence-corrected chi connectivity index (χ3v) is 6.31. The molecule has 3 rings (SSSR count). The maximum absolute atomic E-state index is 12.4. The Bertz CT molecular complexity index is 882. The van der Waals surface area contributed by atoms with Gasteiger partial charge >= 0.3 is 5.97 Å². The summed E-state index contributed by atoms with van der Waals surface area (Å²) in [7, 11) is 0. The fourth-order valence-corrected chi connectivity index (χ4v) is 4.48. The van der Waals surface area contributed by atoms with E-state index >= 15 is 0 Å². The number of allylic oxidation sites excluding steroid dienone is 2. The first-order valence-electron chi connectivity index (χ1n) is 10.8. The lowest BCUT2D eigenvalue weighted by molar-refractivity contribution is 0.0519. The average molecular weight is 419 g/mol. The molecule has 3 aliphatic heterocycles. The van der Waals surface area contributed by atoms with E-state index in [4.69, 9.17) is 9.72 Å². The van der Waals surface area contributed by atoms with E-state index in [1.807, 2.05) is 13.8 Å². The molecule has 0 fully saturated rings. The van der Waals surface area contributed by atoms with Gasteiger partial charge in [-0.25, -0.2) is 9.78 Å². The largest absolute Gasteiger partial charge is 0.461 e. The van der Waals surface area contributed by atoms with Gasteiger partial charge in [-0.2, -0.15) is 0 Å². The van der Waals surface area contributed by atoms with Crippen molar-refractivity contribution in [2.75, 3.05) is 6.61 Å². The lowest BCUT2D eigenvalue weighted by Gasteiger charge is -2.22. The summed E-state index contributed by atoms with van der Waals surface area (Å²) in [6, 6.07) is 2.51. The van der Waals surface area contributed by atoms with Gasteiger partial charge in [0, 0.05) is 17.0 Å². The number of carbonyl (C=O) groups excluding carboxylic acids is 1. The zero-order valence-corrected chi connectivity index (χ0v) is 19.5. The van der Waals surface area contributed by atoms with E-state index in [0.29, 0.717) is 18.3 Å². The number of aromatic nitrogens is 2. The number of carbonyl (C=O) groups is 1. The quantitative estimate of drug-likeness (QED) is 0.350. The van der Waals surface area contributed by atoms with Crippen molar-refractivity contribution in [1.29, 1.82) is 0 Å². The van der Waals surface area contributed by atoms with Crippen molar-refractivity contribution in [3.8, 4) is 11.3 Å². The summed E-state index contributed by atoms with van der Waals surface area (Å²) in [5, 5.41) is 0. The number of unbranched alkanes of at least 4 members (excludes halogenated alkanes) is 4. The number of rotatable bonds is 8. The highest BCUT2D eigenvalue weighted by atomic mass is 35.5. The molecule has 0 spiro atoms. The average Bonchev–Trinajstić information content (AvgIpc) is 3.11. The van der Waals surface area contributed by atoms with Crippen LogP contribution in [0.3, 0.4) is 0 Å². The topological polar surface area (TPSA) is 44.1 Å². The van der Waals surface area contributed by atoms with Crippen molar-refractivity contribution < 1.29 is 9.53 Å². The molecule has 0 amide bonds. The SMILES string of the molecule is CCCCCCCc1c2c(C)c(C(=O)OCC)nc-2cc2n1C(C)C(C)=C2C.Cl. The zero-order valence-electron chi connectivity index (χ0n) is 18.7. The van der Waals surface area contributed by atoms with E-state index in [1.54, 1.807) is 0 Å². The molecule has 1 unspecified atom stereocenters. The Morgan fingerprint density at radius 1 is 1.14 bits per heavy atom. The molecule has 4 nitrogen and oxygen atoms in total. The molecule has 0 saturated heterocycles. The van der Waals surface area contributed by atoms with Crippen molar-refractivity contribution >= 4 is 23.9 Å². The third-order valence-electron chi connectivity index (χ3n) is 6.31. The summed E-state index contributed by atoms with van der Waals surface area (Å²) < 4.78 is 7.73. The van der Waals surface area contributed by atoms with Gasteiger partial charge in [0.1, 0.15) is 0 Å². The van der Waals surface area contributed by atoms with Crippen molar-refractivity contribution in [1.82, 2.24) is 9.55 Å². The number of fused-ring (bicyclic) bond motifs is 2. The van der Waals surface area contributed by atoms with Crippen LogP contribution in [0.5, 0.6) is 0 Å². The third kappa shape index (κ3) is 4.23. The van der Waals surface area contributed by atoms with Gasteiger partial charge in [-0.15, -0.1) is 12.4 Å².